The van der Waals surface area contributed by atoms with E-state index in [-0.39, 0.29) is 5.56 Å². The highest BCUT2D eigenvalue weighted by Crippen LogP contribution is 2.31. The fourth-order valence-electron chi connectivity index (χ4n) is 3.70. The highest BCUT2D eigenvalue weighted by molar-refractivity contribution is 5.82. The van der Waals surface area contributed by atoms with E-state index >= 15 is 0 Å². The number of nitrogens with one attached hydrogen (secondary N) is 1. The van der Waals surface area contributed by atoms with Crippen molar-refractivity contribution in [2.45, 2.75) is 25.3 Å². The van der Waals surface area contributed by atoms with Crippen LogP contribution in [0.3, 0.4) is 0 Å². The van der Waals surface area contributed by atoms with Crippen molar-refractivity contribution in [1.82, 2.24) is 9.88 Å². The van der Waals surface area contributed by atoms with E-state index in [0.29, 0.717) is 5.92 Å². The van der Waals surface area contributed by atoms with Crippen molar-refractivity contribution >= 4 is 10.9 Å². The molecule has 1 saturated heterocycles. The molecule has 1 unspecified atom stereocenters. The predicted octanol–water partition coefficient (Wildman–Crippen LogP) is 5.10. The molecule has 4 heteroatoms. The highest BCUT2D eigenvalue weighted by Gasteiger charge is 2.25. The van der Waals surface area contributed by atoms with Gasteiger partial charge in [-0.2, -0.15) is 0 Å². The lowest BCUT2D eigenvalue weighted by molar-refractivity contribution is 0.151. The summed E-state index contributed by atoms with van der Waals surface area (Å²) in [7, 11) is 0. The first-order valence-corrected chi connectivity index (χ1v) is 8.36. The number of fused-ring (bicyclic) bond motifs is 1. The summed E-state index contributed by atoms with van der Waals surface area (Å²) in [5.74, 6) is 0.342. The van der Waals surface area contributed by atoms with Crippen LogP contribution in [-0.4, -0.2) is 23.0 Å². The number of para-hydroxylation sites is 1. The van der Waals surface area contributed by atoms with Crippen LogP contribution in [0.25, 0.3) is 10.9 Å². The van der Waals surface area contributed by atoms with Gasteiger partial charge in [-0.25, -0.2) is 8.78 Å². The SMILES string of the molecule is FC(F)c1cccc(C2CCN(Cc3c[nH]c4ccccc34)C2)c1. The molecule has 1 aromatic heterocycles. The van der Waals surface area contributed by atoms with Crippen molar-refractivity contribution in [2.24, 2.45) is 0 Å². The van der Waals surface area contributed by atoms with Gasteiger partial charge in [-0.1, -0.05) is 36.4 Å². The van der Waals surface area contributed by atoms with Gasteiger partial charge in [-0.15, -0.1) is 0 Å². The van der Waals surface area contributed by atoms with E-state index in [1.165, 1.54) is 17.0 Å². The molecule has 3 aromatic rings. The third-order valence-electron chi connectivity index (χ3n) is 4.98. The molecule has 0 saturated carbocycles. The number of halogens is 2. The van der Waals surface area contributed by atoms with Crippen molar-refractivity contribution in [1.29, 1.82) is 0 Å². The largest absolute Gasteiger partial charge is 0.361 e. The first-order valence-electron chi connectivity index (χ1n) is 8.36. The standard InChI is InChI=1S/C20H20F2N2/c21-20(22)15-5-3-4-14(10-15)16-8-9-24(12-16)13-17-11-23-19-7-2-1-6-18(17)19/h1-7,10-11,16,20,23H,8-9,12-13H2. The predicted molar refractivity (Wildman–Crippen MR) is 92.3 cm³/mol. The summed E-state index contributed by atoms with van der Waals surface area (Å²) >= 11 is 0. The van der Waals surface area contributed by atoms with Crippen molar-refractivity contribution in [2.75, 3.05) is 13.1 Å². The Bertz CT molecular complexity index is 840. The minimum absolute atomic E-state index is 0.127. The molecule has 2 aromatic carbocycles. The minimum Gasteiger partial charge on any atom is -0.361 e. The summed E-state index contributed by atoms with van der Waals surface area (Å²) in [6.07, 6.45) is 0.707. The number of likely N-dealkylation sites (tertiary alicyclic amines) is 1. The van der Waals surface area contributed by atoms with Crippen LogP contribution in [0.15, 0.2) is 54.7 Å². The Hall–Kier alpha value is -2.20. The van der Waals surface area contributed by atoms with Crippen LogP contribution in [0.2, 0.25) is 0 Å². The van der Waals surface area contributed by atoms with Crippen LogP contribution in [0.1, 0.15) is 35.5 Å². The fraction of sp³-hybridized carbons (Fsp3) is 0.300. The summed E-state index contributed by atoms with van der Waals surface area (Å²) < 4.78 is 25.8. The monoisotopic (exact) mass is 326 g/mol. The van der Waals surface area contributed by atoms with Gasteiger partial charge in [0.2, 0.25) is 0 Å². The smallest absolute Gasteiger partial charge is 0.263 e. The molecule has 24 heavy (non-hydrogen) atoms. The summed E-state index contributed by atoms with van der Waals surface area (Å²) in [5, 5.41) is 1.26. The lowest BCUT2D eigenvalue weighted by atomic mass is 9.97. The first-order chi connectivity index (χ1) is 11.7. The molecule has 0 spiro atoms. The van der Waals surface area contributed by atoms with Crippen LogP contribution < -0.4 is 0 Å². The number of alkyl halides is 2. The van der Waals surface area contributed by atoms with Crippen molar-refractivity contribution < 1.29 is 8.78 Å². The van der Waals surface area contributed by atoms with Crippen molar-refractivity contribution in [3.05, 3.63) is 71.4 Å². The molecule has 124 valence electrons. The molecule has 0 radical (unpaired) electrons. The number of benzene rings is 2. The summed E-state index contributed by atoms with van der Waals surface area (Å²) in [6.45, 7) is 2.82. The maximum Gasteiger partial charge on any atom is 0.263 e. The summed E-state index contributed by atoms with van der Waals surface area (Å²) in [5.41, 5.74) is 3.62. The highest BCUT2D eigenvalue weighted by atomic mass is 19.3. The maximum absolute atomic E-state index is 12.9. The molecular weight excluding hydrogens is 306 g/mol. The number of hydrogen-bond acceptors (Lipinski definition) is 1. The van der Waals surface area contributed by atoms with Crippen LogP contribution in [-0.2, 0) is 6.54 Å². The second-order valence-electron chi connectivity index (χ2n) is 6.55. The quantitative estimate of drug-likeness (QED) is 0.707. The normalized spacial score (nSPS) is 18.7. The lowest BCUT2D eigenvalue weighted by Crippen LogP contribution is -2.19. The maximum atomic E-state index is 12.9. The number of rotatable bonds is 4. The second kappa shape index (κ2) is 6.36. The zero-order valence-electron chi connectivity index (χ0n) is 13.4. The Kier molecular flexibility index (Phi) is 4.07. The van der Waals surface area contributed by atoms with Gasteiger partial charge >= 0.3 is 0 Å². The second-order valence-corrected chi connectivity index (χ2v) is 6.55. The van der Waals surface area contributed by atoms with Gasteiger partial charge in [-0.3, -0.25) is 4.90 Å². The average molecular weight is 326 g/mol. The van der Waals surface area contributed by atoms with Gasteiger partial charge in [0.15, 0.2) is 0 Å². The molecule has 0 amide bonds. The topological polar surface area (TPSA) is 19.0 Å². The molecule has 0 bridgehead atoms. The zero-order valence-corrected chi connectivity index (χ0v) is 13.4. The van der Waals surface area contributed by atoms with Crippen molar-refractivity contribution in [3.8, 4) is 0 Å². The number of aromatic amines is 1. The Morgan fingerprint density at radius 2 is 2.00 bits per heavy atom. The van der Waals surface area contributed by atoms with Gasteiger partial charge in [0, 0.05) is 35.8 Å². The Labute approximate surface area is 140 Å². The third kappa shape index (κ3) is 2.94. The van der Waals surface area contributed by atoms with Crippen LogP contribution >= 0.6 is 0 Å². The third-order valence-corrected chi connectivity index (χ3v) is 4.98. The van der Waals surface area contributed by atoms with Gasteiger partial charge in [0.05, 0.1) is 0 Å². The summed E-state index contributed by atoms with van der Waals surface area (Å²) in [4.78, 5) is 5.73. The van der Waals surface area contributed by atoms with Crippen LogP contribution in [0.5, 0.6) is 0 Å². The molecule has 1 atom stereocenters. The van der Waals surface area contributed by atoms with E-state index < -0.39 is 6.43 Å². The van der Waals surface area contributed by atoms with Gasteiger partial charge < -0.3 is 4.98 Å². The molecule has 0 aliphatic carbocycles. The molecule has 4 rings (SSSR count). The Balaban J connectivity index is 1.48. The van der Waals surface area contributed by atoms with Crippen LogP contribution in [0.4, 0.5) is 8.78 Å². The van der Waals surface area contributed by atoms with E-state index in [2.05, 4.69) is 34.3 Å². The number of nitrogens with zero attached hydrogens (tertiary/aromatic N) is 1. The Morgan fingerprint density at radius 1 is 1.12 bits per heavy atom. The van der Waals surface area contributed by atoms with E-state index in [1.54, 1.807) is 12.1 Å². The van der Waals surface area contributed by atoms with Crippen molar-refractivity contribution in [3.63, 3.8) is 0 Å². The van der Waals surface area contributed by atoms with Gasteiger partial charge in [0.25, 0.3) is 6.43 Å². The Morgan fingerprint density at radius 3 is 2.88 bits per heavy atom. The van der Waals surface area contributed by atoms with Gasteiger partial charge in [0.1, 0.15) is 0 Å². The van der Waals surface area contributed by atoms with E-state index in [0.717, 1.165) is 37.1 Å². The number of hydrogen-bond donors (Lipinski definition) is 1. The zero-order chi connectivity index (χ0) is 16.5. The summed E-state index contributed by atoms with van der Waals surface area (Å²) in [6, 6.07) is 15.2. The van der Waals surface area contributed by atoms with Gasteiger partial charge in [-0.05, 0) is 42.1 Å². The fourth-order valence-corrected chi connectivity index (χ4v) is 3.70. The van der Waals surface area contributed by atoms with E-state index in [4.69, 9.17) is 0 Å². The van der Waals surface area contributed by atoms with Crippen LogP contribution in [0, 0.1) is 0 Å². The lowest BCUT2D eigenvalue weighted by Gasteiger charge is -2.16. The van der Waals surface area contributed by atoms with E-state index in [9.17, 15) is 8.78 Å². The number of H-pyrrole nitrogens is 1. The molecule has 1 aliphatic heterocycles. The molecular formula is C20H20F2N2. The average Bonchev–Trinajstić information content (AvgIpc) is 3.23. The number of aromatic nitrogens is 1. The van der Waals surface area contributed by atoms with E-state index in [1.807, 2.05) is 12.1 Å². The minimum atomic E-state index is -2.39. The first kappa shape index (κ1) is 15.3. The molecule has 1 aliphatic rings. The molecule has 2 nitrogen and oxygen atoms in total. The molecule has 1 N–H and O–H groups in total. The molecule has 2 heterocycles. The molecule has 1 fully saturated rings.